The van der Waals surface area contributed by atoms with Crippen molar-refractivity contribution in [2.75, 3.05) is 5.32 Å². The van der Waals surface area contributed by atoms with Crippen molar-refractivity contribution < 1.29 is 14.3 Å². The van der Waals surface area contributed by atoms with Gasteiger partial charge in [-0.05, 0) is 30.7 Å². The number of rotatable bonds is 4. The van der Waals surface area contributed by atoms with Gasteiger partial charge in [0.05, 0.1) is 17.9 Å². The number of hydrogen-bond acceptors (Lipinski definition) is 3. The second kappa shape index (κ2) is 5.48. The molecule has 2 N–H and O–H groups in total. The summed E-state index contributed by atoms with van der Waals surface area (Å²) in [6, 6.07) is 9.78. The molecule has 98 valence electrons. The summed E-state index contributed by atoms with van der Waals surface area (Å²) in [6.45, 7) is 1.95. The number of aromatic carboxylic acids is 1. The third kappa shape index (κ3) is 3.07. The molecule has 0 bridgehead atoms. The molecule has 0 aliphatic carbocycles. The van der Waals surface area contributed by atoms with Crippen LogP contribution in [-0.4, -0.2) is 16.1 Å². The lowest BCUT2D eigenvalue weighted by molar-refractivity contribution is 0.0690. The number of halogens is 1. The summed E-state index contributed by atoms with van der Waals surface area (Å²) in [7, 11) is 0. The van der Waals surface area contributed by atoms with E-state index in [1.807, 2.05) is 0 Å². The standard InChI is InChI=1S/C14H13FN2O2/c1-9-4-2-6-11(13(9)15)16-8-10-5-3-7-12(17-10)14(18)19/h2-7,16H,8H2,1H3,(H,18,19). The average molecular weight is 260 g/mol. The minimum absolute atomic E-state index is 0.0241. The Bertz CT molecular complexity index is 614. The second-order valence-corrected chi connectivity index (χ2v) is 4.11. The van der Waals surface area contributed by atoms with Crippen molar-refractivity contribution in [3.63, 3.8) is 0 Å². The predicted molar refractivity (Wildman–Crippen MR) is 69.7 cm³/mol. The number of nitrogens with zero attached hydrogens (tertiary/aromatic N) is 1. The van der Waals surface area contributed by atoms with Crippen molar-refractivity contribution in [2.24, 2.45) is 0 Å². The summed E-state index contributed by atoms with van der Waals surface area (Å²) >= 11 is 0. The Hall–Kier alpha value is -2.43. The third-order valence-corrected chi connectivity index (χ3v) is 2.68. The van der Waals surface area contributed by atoms with Crippen LogP contribution in [0.15, 0.2) is 36.4 Å². The number of benzene rings is 1. The van der Waals surface area contributed by atoms with Crippen molar-refractivity contribution in [2.45, 2.75) is 13.5 Å². The summed E-state index contributed by atoms with van der Waals surface area (Å²) in [6.07, 6.45) is 0. The molecule has 0 saturated heterocycles. The Kier molecular flexibility index (Phi) is 3.75. The predicted octanol–water partition coefficient (Wildman–Crippen LogP) is 2.84. The van der Waals surface area contributed by atoms with Gasteiger partial charge in [-0.2, -0.15) is 0 Å². The third-order valence-electron chi connectivity index (χ3n) is 2.68. The van der Waals surface area contributed by atoms with Gasteiger partial charge in [0, 0.05) is 0 Å². The minimum atomic E-state index is -1.08. The number of pyridine rings is 1. The maximum Gasteiger partial charge on any atom is 0.354 e. The molecule has 2 rings (SSSR count). The first-order valence-corrected chi connectivity index (χ1v) is 5.76. The number of aryl methyl sites for hydroxylation is 1. The van der Waals surface area contributed by atoms with Crippen molar-refractivity contribution >= 4 is 11.7 Å². The van der Waals surface area contributed by atoms with Crippen LogP contribution in [0.1, 0.15) is 21.7 Å². The maximum absolute atomic E-state index is 13.7. The Morgan fingerprint density at radius 2 is 2.05 bits per heavy atom. The van der Waals surface area contributed by atoms with Crippen LogP contribution < -0.4 is 5.32 Å². The van der Waals surface area contributed by atoms with E-state index in [-0.39, 0.29) is 18.1 Å². The number of carbonyl (C=O) groups is 1. The number of carboxylic acids is 1. The number of anilines is 1. The average Bonchev–Trinajstić information content (AvgIpc) is 2.41. The number of nitrogens with one attached hydrogen (secondary N) is 1. The van der Waals surface area contributed by atoms with Crippen LogP contribution >= 0.6 is 0 Å². The summed E-state index contributed by atoms with van der Waals surface area (Å²) in [5.41, 5.74) is 1.45. The first kappa shape index (κ1) is 13.0. The zero-order valence-corrected chi connectivity index (χ0v) is 10.4. The maximum atomic E-state index is 13.7. The topological polar surface area (TPSA) is 62.2 Å². The Morgan fingerprint density at radius 3 is 2.79 bits per heavy atom. The molecule has 0 saturated carbocycles. The second-order valence-electron chi connectivity index (χ2n) is 4.11. The largest absolute Gasteiger partial charge is 0.477 e. The van der Waals surface area contributed by atoms with Crippen LogP contribution in [0.25, 0.3) is 0 Å². The highest BCUT2D eigenvalue weighted by molar-refractivity contribution is 5.85. The highest BCUT2D eigenvalue weighted by Gasteiger charge is 2.07. The first-order chi connectivity index (χ1) is 9.08. The van der Waals surface area contributed by atoms with Crippen molar-refractivity contribution in [1.82, 2.24) is 4.98 Å². The van der Waals surface area contributed by atoms with E-state index in [1.54, 1.807) is 37.3 Å². The lowest BCUT2D eigenvalue weighted by atomic mass is 10.2. The van der Waals surface area contributed by atoms with Crippen LogP contribution in [0.3, 0.4) is 0 Å². The van der Waals surface area contributed by atoms with Gasteiger partial charge in [-0.3, -0.25) is 0 Å². The van der Waals surface area contributed by atoms with Gasteiger partial charge in [0.25, 0.3) is 0 Å². The molecule has 5 heteroatoms. The summed E-state index contributed by atoms with van der Waals surface area (Å²) in [5.74, 6) is -1.39. The van der Waals surface area contributed by atoms with E-state index in [1.165, 1.54) is 6.07 Å². The summed E-state index contributed by atoms with van der Waals surface area (Å²) in [4.78, 5) is 14.7. The molecule has 19 heavy (non-hydrogen) atoms. The van der Waals surface area contributed by atoms with E-state index in [0.29, 0.717) is 16.9 Å². The molecule has 0 fully saturated rings. The van der Waals surface area contributed by atoms with Gasteiger partial charge in [0.15, 0.2) is 0 Å². The molecule has 2 aromatic rings. The molecule has 0 atom stereocenters. The molecule has 1 heterocycles. The fourth-order valence-electron chi connectivity index (χ4n) is 1.67. The number of carboxylic acid groups (broad SMARTS) is 1. The van der Waals surface area contributed by atoms with Gasteiger partial charge in [0.2, 0.25) is 0 Å². The van der Waals surface area contributed by atoms with Gasteiger partial charge >= 0.3 is 5.97 Å². The van der Waals surface area contributed by atoms with E-state index in [0.717, 1.165) is 0 Å². The van der Waals surface area contributed by atoms with E-state index in [4.69, 9.17) is 5.11 Å². The smallest absolute Gasteiger partial charge is 0.354 e. The van der Waals surface area contributed by atoms with E-state index < -0.39 is 5.97 Å². The van der Waals surface area contributed by atoms with E-state index >= 15 is 0 Å². The Morgan fingerprint density at radius 1 is 1.32 bits per heavy atom. The normalized spacial score (nSPS) is 10.2. The molecule has 1 aromatic carbocycles. The van der Waals surface area contributed by atoms with Gasteiger partial charge in [-0.1, -0.05) is 18.2 Å². The zero-order chi connectivity index (χ0) is 13.8. The molecule has 0 spiro atoms. The quantitative estimate of drug-likeness (QED) is 0.887. The molecule has 4 nitrogen and oxygen atoms in total. The molecule has 0 aliphatic rings. The lowest BCUT2D eigenvalue weighted by Crippen LogP contribution is -2.07. The fraction of sp³-hybridized carbons (Fsp3) is 0.143. The monoisotopic (exact) mass is 260 g/mol. The molecule has 1 aromatic heterocycles. The summed E-state index contributed by atoms with van der Waals surface area (Å²) in [5, 5.41) is 11.7. The zero-order valence-electron chi connectivity index (χ0n) is 10.4. The summed E-state index contributed by atoms with van der Waals surface area (Å²) < 4.78 is 13.7. The van der Waals surface area contributed by atoms with Crippen LogP contribution in [0.5, 0.6) is 0 Å². The van der Waals surface area contributed by atoms with E-state index in [9.17, 15) is 9.18 Å². The number of aromatic nitrogens is 1. The van der Waals surface area contributed by atoms with Crippen molar-refractivity contribution in [3.05, 3.63) is 59.2 Å². The van der Waals surface area contributed by atoms with Crippen LogP contribution in [-0.2, 0) is 6.54 Å². The number of hydrogen-bond donors (Lipinski definition) is 2. The Labute approximate surface area is 109 Å². The SMILES string of the molecule is Cc1cccc(NCc2cccc(C(=O)O)n2)c1F. The minimum Gasteiger partial charge on any atom is -0.477 e. The fourth-order valence-corrected chi connectivity index (χ4v) is 1.67. The highest BCUT2D eigenvalue weighted by atomic mass is 19.1. The van der Waals surface area contributed by atoms with Gasteiger partial charge < -0.3 is 10.4 Å². The molecule has 0 aliphatic heterocycles. The molecule has 0 radical (unpaired) electrons. The molecule has 0 amide bonds. The van der Waals surface area contributed by atoms with Crippen LogP contribution in [0.2, 0.25) is 0 Å². The lowest BCUT2D eigenvalue weighted by Gasteiger charge is -2.08. The molecule has 0 unspecified atom stereocenters. The Balaban J connectivity index is 2.12. The van der Waals surface area contributed by atoms with Crippen molar-refractivity contribution in [1.29, 1.82) is 0 Å². The molecular weight excluding hydrogens is 247 g/mol. The molecular formula is C14H13FN2O2. The van der Waals surface area contributed by atoms with Crippen molar-refractivity contribution in [3.8, 4) is 0 Å². The van der Waals surface area contributed by atoms with Crippen LogP contribution in [0.4, 0.5) is 10.1 Å². The first-order valence-electron chi connectivity index (χ1n) is 5.76. The van der Waals surface area contributed by atoms with E-state index in [2.05, 4.69) is 10.3 Å². The van der Waals surface area contributed by atoms with Gasteiger partial charge in [-0.25, -0.2) is 14.2 Å². The van der Waals surface area contributed by atoms with Gasteiger partial charge in [0.1, 0.15) is 11.5 Å². The van der Waals surface area contributed by atoms with Gasteiger partial charge in [-0.15, -0.1) is 0 Å². The van der Waals surface area contributed by atoms with Crippen LogP contribution in [0, 0.1) is 12.7 Å². The highest BCUT2D eigenvalue weighted by Crippen LogP contribution is 2.17.